The van der Waals surface area contributed by atoms with Gasteiger partial charge in [0.05, 0.1) is 0 Å². The fourth-order valence-electron chi connectivity index (χ4n) is 2.64. The number of hydrogen-bond acceptors (Lipinski definition) is 0. The van der Waals surface area contributed by atoms with Gasteiger partial charge in [-0.15, -0.1) is 0 Å². The minimum atomic E-state index is 0. The van der Waals surface area contributed by atoms with Crippen molar-refractivity contribution < 1.29 is 0 Å². The van der Waals surface area contributed by atoms with Gasteiger partial charge in [0.1, 0.15) is 0 Å². The van der Waals surface area contributed by atoms with Crippen molar-refractivity contribution in [2.75, 3.05) is 0 Å². The van der Waals surface area contributed by atoms with Gasteiger partial charge in [-0.25, -0.2) is 0 Å². The second-order valence-electron chi connectivity index (χ2n) is 6.31. The zero-order valence-corrected chi connectivity index (χ0v) is 17.4. The van der Waals surface area contributed by atoms with Crippen molar-refractivity contribution in [3.05, 3.63) is 144 Å². The van der Waals surface area contributed by atoms with E-state index < -0.39 is 0 Å². The van der Waals surface area contributed by atoms with Crippen LogP contribution in [-0.4, -0.2) is 0 Å². The molecule has 1 heteroatoms. The maximum atomic E-state index is 2.12. The lowest BCUT2D eigenvalue weighted by Gasteiger charge is -1.92. The average molecular weight is 395 g/mol. The summed E-state index contributed by atoms with van der Waals surface area (Å²) in [6.07, 6.45) is 8.48. The van der Waals surface area contributed by atoms with Crippen molar-refractivity contribution in [3.8, 4) is 0 Å². The van der Waals surface area contributed by atoms with E-state index in [1.807, 2.05) is 72.8 Å². The first kappa shape index (κ1) is 22.0. The Kier molecular flexibility index (Phi) is 9.85. The monoisotopic (exact) mass is 394 g/mol. The Hall–Kier alpha value is -3.29. The van der Waals surface area contributed by atoms with E-state index in [0.717, 1.165) is 0 Å². The summed E-state index contributed by atoms with van der Waals surface area (Å²) < 4.78 is 0. The van der Waals surface area contributed by atoms with Crippen LogP contribution in [0.1, 0.15) is 22.3 Å². The Morgan fingerprint density at radius 3 is 0.621 bits per heavy atom. The Balaban J connectivity index is 0.000000200. The SMILES string of the molecule is C(=C\c1ccccc1)/c1ccccc1.C(=C\c1ccccc1)/c1ccccc1.S. The molecule has 0 atom stereocenters. The van der Waals surface area contributed by atoms with Crippen LogP contribution >= 0.6 is 13.5 Å². The molecule has 0 radical (unpaired) electrons. The van der Waals surface area contributed by atoms with Gasteiger partial charge in [0.2, 0.25) is 0 Å². The van der Waals surface area contributed by atoms with Gasteiger partial charge in [-0.1, -0.05) is 146 Å². The van der Waals surface area contributed by atoms with Crippen molar-refractivity contribution in [2.45, 2.75) is 0 Å². The van der Waals surface area contributed by atoms with Gasteiger partial charge in [-0.2, -0.15) is 13.5 Å². The summed E-state index contributed by atoms with van der Waals surface area (Å²) in [5, 5.41) is 0. The molecular formula is C28H26S. The van der Waals surface area contributed by atoms with Gasteiger partial charge in [-0.3, -0.25) is 0 Å². The number of hydrogen-bond donors (Lipinski definition) is 0. The maximum Gasteiger partial charge on any atom is -0.0256 e. The zero-order valence-electron chi connectivity index (χ0n) is 16.4. The molecule has 4 rings (SSSR count). The largest absolute Gasteiger partial charge is 0.197 e. The Morgan fingerprint density at radius 1 is 0.276 bits per heavy atom. The lowest BCUT2D eigenvalue weighted by Crippen LogP contribution is -1.70. The van der Waals surface area contributed by atoms with Gasteiger partial charge in [-0.05, 0) is 22.3 Å². The summed E-state index contributed by atoms with van der Waals surface area (Å²) >= 11 is 0. The molecule has 0 aromatic heterocycles. The summed E-state index contributed by atoms with van der Waals surface area (Å²) in [6, 6.07) is 41.3. The molecule has 0 heterocycles. The van der Waals surface area contributed by atoms with Crippen molar-refractivity contribution in [1.29, 1.82) is 0 Å². The van der Waals surface area contributed by atoms with E-state index in [-0.39, 0.29) is 13.5 Å². The molecule has 0 aliphatic carbocycles. The first-order valence-electron chi connectivity index (χ1n) is 9.46. The van der Waals surface area contributed by atoms with E-state index >= 15 is 0 Å². The Labute approximate surface area is 181 Å². The van der Waals surface area contributed by atoms with Crippen LogP contribution in [0.2, 0.25) is 0 Å². The molecule has 0 amide bonds. The van der Waals surface area contributed by atoms with Crippen LogP contribution in [0.3, 0.4) is 0 Å². The summed E-state index contributed by atoms with van der Waals surface area (Å²) in [5.41, 5.74) is 4.93. The highest BCUT2D eigenvalue weighted by atomic mass is 32.1. The molecule has 0 saturated carbocycles. The summed E-state index contributed by atoms with van der Waals surface area (Å²) in [4.78, 5) is 0. The first-order chi connectivity index (χ1) is 13.9. The van der Waals surface area contributed by atoms with Crippen molar-refractivity contribution in [2.24, 2.45) is 0 Å². The van der Waals surface area contributed by atoms with Crippen LogP contribution in [0.25, 0.3) is 24.3 Å². The smallest absolute Gasteiger partial charge is 0.0256 e. The van der Waals surface area contributed by atoms with Crippen LogP contribution < -0.4 is 0 Å². The molecule has 0 nitrogen and oxygen atoms in total. The molecule has 0 N–H and O–H groups in total. The molecule has 0 unspecified atom stereocenters. The van der Waals surface area contributed by atoms with E-state index in [2.05, 4.69) is 72.8 Å². The van der Waals surface area contributed by atoms with Gasteiger partial charge in [0, 0.05) is 0 Å². The molecular weight excluding hydrogens is 368 g/mol. The van der Waals surface area contributed by atoms with Gasteiger partial charge >= 0.3 is 0 Å². The van der Waals surface area contributed by atoms with Crippen LogP contribution in [0.15, 0.2) is 121 Å². The highest BCUT2D eigenvalue weighted by Gasteiger charge is 1.85. The molecule has 0 saturated heterocycles. The second-order valence-corrected chi connectivity index (χ2v) is 6.31. The minimum absolute atomic E-state index is 0. The minimum Gasteiger partial charge on any atom is -0.197 e. The molecule has 0 aliphatic rings. The normalized spacial score (nSPS) is 10.2. The third-order valence-corrected chi connectivity index (χ3v) is 4.13. The standard InChI is InChI=1S/2C14H12.H2S/c2*1-3-7-13(8-4-1)11-12-14-9-5-2-6-10-14;/h2*1-12H;1H2/b2*12-11+;. The highest BCUT2D eigenvalue weighted by Crippen LogP contribution is 2.08. The number of benzene rings is 4. The van der Waals surface area contributed by atoms with Gasteiger partial charge in [0.25, 0.3) is 0 Å². The lowest BCUT2D eigenvalue weighted by molar-refractivity contribution is 1.65. The van der Waals surface area contributed by atoms with E-state index in [0.29, 0.717) is 0 Å². The van der Waals surface area contributed by atoms with E-state index in [1.165, 1.54) is 22.3 Å². The lowest BCUT2D eigenvalue weighted by atomic mass is 10.1. The predicted octanol–water partition coefficient (Wildman–Crippen LogP) is 7.83. The fraction of sp³-hybridized carbons (Fsp3) is 0. The average Bonchev–Trinajstić information content (AvgIpc) is 2.80. The van der Waals surface area contributed by atoms with E-state index in [9.17, 15) is 0 Å². The third-order valence-electron chi connectivity index (χ3n) is 4.13. The Bertz CT molecular complexity index is 805. The quantitative estimate of drug-likeness (QED) is 0.309. The molecule has 4 aromatic carbocycles. The predicted molar refractivity (Wildman–Crippen MR) is 134 cm³/mol. The fourth-order valence-corrected chi connectivity index (χ4v) is 2.64. The van der Waals surface area contributed by atoms with Crippen molar-refractivity contribution in [1.82, 2.24) is 0 Å². The van der Waals surface area contributed by atoms with Gasteiger partial charge < -0.3 is 0 Å². The van der Waals surface area contributed by atoms with Crippen LogP contribution in [0.5, 0.6) is 0 Å². The zero-order chi connectivity index (χ0) is 19.3. The summed E-state index contributed by atoms with van der Waals surface area (Å²) in [5.74, 6) is 0. The van der Waals surface area contributed by atoms with E-state index in [1.54, 1.807) is 0 Å². The summed E-state index contributed by atoms with van der Waals surface area (Å²) in [6.45, 7) is 0. The first-order valence-corrected chi connectivity index (χ1v) is 9.46. The maximum absolute atomic E-state index is 2.12. The third kappa shape index (κ3) is 8.50. The topological polar surface area (TPSA) is 0 Å². The van der Waals surface area contributed by atoms with Crippen molar-refractivity contribution in [3.63, 3.8) is 0 Å². The van der Waals surface area contributed by atoms with Crippen LogP contribution in [0.4, 0.5) is 0 Å². The second kappa shape index (κ2) is 13.0. The molecule has 29 heavy (non-hydrogen) atoms. The molecule has 0 bridgehead atoms. The van der Waals surface area contributed by atoms with Gasteiger partial charge in [0.15, 0.2) is 0 Å². The molecule has 144 valence electrons. The van der Waals surface area contributed by atoms with Crippen molar-refractivity contribution >= 4 is 37.8 Å². The van der Waals surface area contributed by atoms with Crippen LogP contribution in [0, 0.1) is 0 Å². The highest BCUT2D eigenvalue weighted by molar-refractivity contribution is 7.59. The molecule has 0 spiro atoms. The van der Waals surface area contributed by atoms with Crippen LogP contribution in [-0.2, 0) is 0 Å². The Morgan fingerprint density at radius 2 is 0.448 bits per heavy atom. The summed E-state index contributed by atoms with van der Waals surface area (Å²) in [7, 11) is 0. The molecule has 4 aromatic rings. The van der Waals surface area contributed by atoms with E-state index in [4.69, 9.17) is 0 Å². The molecule has 0 aliphatic heterocycles. The molecule has 0 fully saturated rings. The number of rotatable bonds is 4.